The second-order valence-electron chi connectivity index (χ2n) is 9.19. The van der Waals surface area contributed by atoms with Crippen LogP contribution < -0.4 is 11.3 Å². The highest BCUT2D eigenvalue weighted by Crippen LogP contribution is 2.35. The predicted octanol–water partition coefficient (Wildman–Crippen LogP) is 4.38. The van der Waals surface area contributed by atoms with E-state index in [4.69, 9.17) is 8.83 Å². The van der Waals surface area contributed by atoms with E-state index in [1.807, 2.05) is 0 Å². The van der Waals surface area contributed by atoms with Crippen molar-refractivity contribution < 1.29 is 14.3 Å². The van der Waals surface area contributed by atoms with Gasteiger partial charge in [0.2, 0.25) is 0 Å². The third-order valence-electron chi connectivity index (χ3n) is 6.79. The van der Waals surface area contributed by atoms with Crippen LogP contribution in [-0.4, -0.2) is 54.1 Å². The topological polar surface area (TPSA) is 123 Å². The molecule has 4 aromatic rings. The Morgan fingerprint density at radius 3 is 1.42 bits per heavy atom. The maximum Gasteiger partial charge on any atom is 0.344 e. The minimum atomic E-state index is -0.486. The van der Waals surface area contributed by atoms with E-state index in [-0.39, 0.29) is 17.9 Å². The SMILES string of the molecule is Cl.O.O=c1oc2cc(N=CN3CCCCC3)cc3c(=O)oc4cc(N=CN5CCCCC5)cc1c4c23. The molecule has 2 aliphatic rings. The van der Waals surface area contributed by atoms with Gasteiger partial charge in [-0.05, 0) is 50.7 Å². The number of piperidine rings is 2. The number of hydrogen-bond donors (Lipinski definition) is 0. The maximum absolute atomic E-state index is 12.9. The van der Waals surface area contributed by atoms with Crippen molar-refractivity contribution in [2.24, 2.45) is 9.98 Å². The summed E-state index contributed by atoms with van der Waals surface area (Å²) in [4.78, 5) is 39.3. The van der Waals surface area contributed by atoms with Crippen molar-refractivity contribution in [2.45, 2.75) is 38.5 Å². The average Bonchev–Trinajstić information content (AvgIpc) is 2.87. The third kappa shape index (κ3) is 4.81. The summed E-state index contributed by atoms with van der Waals surface area (Å²) in [6.07, 6.45) is 10.7. The normalized spacial score (nSPS) is 16.9. The van der Waals surface area contributed by atoms with Crippen molar-refractivity contribution in [3.63, 3.8) is 0 Å². The van der Waals surface area contributed by atoms with Gasteiger partial charge in [0.25, 0.3) is 0 Å². The second kappa shape index (κ2) is 10.7. The Bertz CT molecular complexity index is 1420. The van der Waals surface area contributed by atoms with Gasteiger partial charge in [0.05, 0.1) is 34.8 Å². The lowest BCUT2D eigenvalue weighted by molar-refractivity contribution is 0.351. The molecule has 0 amide bonds. The molecule has 190 valence electrons. The molecule has 0 atom stereocenters. The summed E-state index contributed by atoms with van der Waals surface area (Å²) < 4.78 is 11.3. The molecule has 0 saturated carbocycles. The number of halogens is 1. The third-order valence-corrected chi connectivity index (χ3v) is 6.79. The molecule has 0 bridgehead atoms. The van der Waals surface area contributed by atoms with Crippen LogP contribution in [0.1, 0.15) is 38.5 Å². The fourth-order valence-corrected chi connectivity index (χ4v) is 5.02. The van der Waals surface area contributed by atoms with E-state index >= 15 is 0 Å². The molecular weight excluding hydrogens is 484 g/mol. The first-order valence-electron chi connectivity index (χ1n) is 12.0. The first-order valence-corrected chi connectivity index (χ1v) is 12.0. The van der Waals surface area contributed by atoms with Crippen molar-refractivity contribution in [2.75, 3.05) is 26.2 Å². The number of aliphatic imine (C=N–C) groups is 2. The molecular formula is C26H29ClN4O5. The summed E-state index contributed by atoms with van der Waals surface area (Å²) in [5.41, 5.74) is 0.809. The van der Waals surface area contributed by atoms with Crippen LogP contribution in [0.2, 0.25) is 0 Å². The number of rotatable bonds is 4. The molecule has 2 fully saturated rings. The van der Waals surface area contributed by atoms with Gasteiger partial charge in [0.1, 0.15) is 11.2 Å². The number of nitrogens with zero attached hydrogens (tertiary/aromatic N) is 4. The fourth-order valence-electron chi connectivity index (χ4n) is 5.02. The Hall–Kier alpha value is -3.43. The zero-order valence-corrected chi connectivity index (χ0v) is 20.7. The monoisotopic (exact) mass is 512 g/mol. The van der Waals surface area contributed by atoms with E-state index in [1.54, 1.807) is 36.9 Å². The molecule has 2 saturated heterocycles. The van der Waals surface area contributed by atoms with E-state index in [9.17, 15) is 9.59 Å². The second-order valence-corrected chi connectivity index (χ2v) is 9.19. The van der Waals surface area contributed by atoms with Crippen molar-refractivity contribution in [3.8, 4) is 0 Å². The predicted molar refractivity (Wildman–Crippen MR) is 145 cm³/mol. The summed E-state index contributed by atoms with van der Waals surface area (Å²) in [5, 5.41) is 1.89. The van der Waals surface area contributed by atoms with Crippen LogP contribution in [0.4, 0.5) is 11.4 Å². The molecule has 0 unspecified atom stereocenters. The maximum atomic E-state index is 12.9. The highest BCUT2D eigenvalue weighted by atomic mass is 35.5. The lowest BCUT2D eigenvalue weighted by Crippen LogP contribution is -2.28. The molecule has 2 aromatic heterocycles. The molecule has 2 aliphatic heterocycles. The standard InChI is InChI=1S/C26H26N4O4.ClH.H2O/c31-25-19-11-17(27-15-29-7-3-1-4-8-29)13-21-23(19)24-20(26(32)33-21)12-18(14-22(24)34-25)28-16-30-9-5-2-6-10-30;;/h11-16H,1-10H2;1H;1H2. The van der Waals surface area contributed by atoms with Crippen molar-refractivity contribution in [1.82, 2.24) is 9.80 Å². The Morgan fingerprint density at radius 2 is 1.03 bits per heavy atom. The molecule has 2 N–H and O–H groups in total. The Morgan fingerprint density at radius 1 is 0.639 bits per heavy atom. The van der Waals surface area contributed by atoms with Gasteiger partial charge < -0.3 is 24.1 Å². The molecule has 4 heterocycles. The van der Waals surface area contributed by atoms with E-state index in [0.717, 1.165) is 51.9 Å². The van der Waals surface area contributed by atoms with Gasteiger partial charge in [-0.25, -0.2) is 19.6 Å². The molecule has 6 rings (SSSR count). The minimum absolute atomic E-state index is 0. The van der Waals surface area contributed by atoms with E-state index < -0.39 is 11.3 Å². The van der Waals surface area contributed by atoms with Crippen molar-refractivity contribution >= 4 is 69.2 Å². The molecule has 9 nitrogen and oxygen atoms in total. The van der Waals surface area contributed by atoms with Crippen LogP contribution in [0.3, 0.4) is 0 Å². The van der Waals surface area contributed by atoms with Crippen molar-refractivity contribution in [1.29, 1.82) is 0 Å². The number of likely N-dealkylation sites (tertiary alicyclic amines) is 2. The van der Waals surface area contributed by atoms with Gasteiger partial charge >= 0.3 is 11.3 Å². The highest BCUT2D eigenvalue weighted by molar-refractivity contribution is 6.20. The summed E-state index contributed by atoms with van der Waals surface area (Å²) in [6.45, 7) is 3.88. The molecule has 10 heteroatoms. The molecule has 0 radical (unpaired) electrons. The largest absolute Gasteiger partial charge is 0.422 e. The summed E-state index contributed by atoms with van der Waals surface area (Å²) in [6, 6.07) is 6.83. The van der Waals surface area contributed by atoms with Crippen LogP contribution in [0, 0.1) is 0 Å². The quantitative estimate of drug-likeness (QED) is 0.173. The van der Waals surface area contributed by atoms with Gasteiger partial charge in [-0.2, -0.15) is 0 Å². The van der Waals surface area contributed by atoms with Crippen molar-refractivity contribution in [3.05, 3.63) is 45.1 Å². The molecule has 36 heavy (non-hydrogen) atoms. The Balaban J connectivity index is 0.00000152. The van der Waals surface area contributed by atoms with Crippen LogP contribution in [0.15, 0.2) is 52.7 Å². The Labute approximate surface area is 213 Å². The molecule has 0 spiro atoms. The van der Waals surface area contributed by atoms with Crippen LogP contribution in [0.5, 0.6) is 0 Å². The van der Waals surface area contributed by atoms with E-state index in [2.05, 4.69) is 19.8 Å². The molecule has 0 aliphatic carbocycles. The van der Waals surface area contributed by atoms with Gasteiger partial charge in [-0.15, -0.1) is 12.4 Å². The Kier molecular flexibility index (Phi) is 7.61. The number of benzene rings is 2. The van der Waals surface area contributed by atoms with Gasteiger partial charge in [-0.1, -0.05) is 0 Å². The van der Waals surface area contributed by atoms with Gasteiger partial charge in [0.15, 0.2) is 0 Å². The number of hydrogen-bond acceptors (Lipinski definition) is 6. The van der Waals surface area contributed by atoms with Crippen LogP contribution in [0.25, 0.3) is 32.7 Å². The zero-order chi connectivity index (χ0) is 23.1. The minimum Gasteiger partial charge on any atom is -0.422 e. The highest BCUT2D eigenvalue weighted by Gasteiger charge is 2.19. The first kappa shape index (κ1) is 25.7. The smallest absolute Gasteiger partial charge is 0.344 e. The van der Waals surface area contributed by atoms with E-state index in [0.29, 0.717) is 44.1 Å². The molecule has 2 aromatic carbocycles. The summed E-state index contributed by atoms with van der Waals surface area (Å²) in [7, 11) is 0. The summed E-state index contributed by atoms with van der Waals surface area (Å²) >= 11 is 0. The summed E-state index contributed by atoms with van der Waals surface area (Å²) in [5.74, 6) is 0. The van der Waals surface area contributed by atoms with Gasteiger partial charge in [0, 0.05) is 49.1 Å². The van der Waals surface area contributed by atoms with Gasteiger partial charge in [-0.3, -0.25) is 0 Å². The lowest BCUT2D eigenvalue weighted by atomic mass is 10.0. The average molecular weight is 513 g/mol. The van der Waals surface area contributed by atoms with E-state index in [1.165, 1.54) is 12.8 Å². The van der Waals surface area contributed by atoms with Crippen LogP contribution in [-0.2, 0) is 0 Å². The fraction of sp³-hybridized carbons (Fsp3) is 0.385. The van der Waals surface area contributed by atoms with Crippen LogP contribution >= 0.6 is 12.4 Å². The lowest BCUT2D eigenvalue weighted by Gasteiger charge is -2.23. The zero-order valence-electron chi connectivity index (χ0n) is 19.9. The first-order chi connectivity index (χ1) is 16.7.